The molecule has 0 bridgehead atoms. The van der Waals surface area contributed by atoms with Crippen LogP contribution in [0.1, 0.15) is 38.8 Å². The Morgan fingerprint density at radius 1 is 1.32 bits per heavy atom. The van der Waals surface area contributed by atoms with E-state index in [-0.39, 0.29) is 12.1 Å². The van der Waals surface area contributed by atoms with Crippen molar-refractivity contribution in [1.82, 2.24) is 4.90 Å². The van der Waals surface area contributed by atoms with Crippen LogP contribution in [0, 0.1) is 5.92 Å². The second-order valence-corrected chi connectivity index (χ2v) is 6.00. The minimum atomic E-state index is 0.0957. The Morgan fingerprint density at radius 2 is 2.00 bits per heavy atom. The molecule has 19 heavy (non-hydrogen) atoms. The molecule has 1 saturated heterocycles. The third kappa shape index (κ3) is 4.22. The molecule has 2 unspecified atom stereocenters. The fourth-order valence-corrected chi connectivity index (χ4v) is 2.64. The molecule has 1 aromatic carbocycles. The van der Waals surface area contributed by atoms with Gasteiger partial charge in [0, 0.05) is 19.1 Å². The molecule has 0 aliphatic carbocycles. The highest BCUT2D eigenvalue weighted by Gasteiger charge is 2.20. The maximum Gasteiger partial charge on any atom is 0.119 e. The molecule has 1 aliphatic heterocycles. The summed E-state index contributed by atoms with van der Waals surface area (Å²) >= 11 is 0. The number of nitrogens with two attached hydrogens (primary N) is 1. The van der Waals surface area contributed by atoms with Gasteiger partial charge in [-0.25, -0.2) is 0 Å². The summed E-state index contributed by atoms with van der Waals surface area (Å²) in [5.41, 5.74) is 7.48. The van der Waals surface area contributed by atoms with Crippen molar-refractivity contribution >= 4 is 0 Å². The van der Waals surface area contributed by atoms with Gasteiger partial charge < -0.3 is 15.4 Å². The van der Waals surface area contributed by atoms with E-state index in [1.54, 1.807) is 0 Å². The summed E-state index contributed by atoms with van der Waals surface area (Å²) in [6, 6.07) is 8.30. The molecule has 1 heterocycles. The zero-order valence-electron chi connectivity index (χ0n) is 12.3. The number of hydrogen-bond acceptors (Lipinski definition) is 3. The lowest BCUT2D eigenvalue weighted by Crippen LogP contribution is -2.30. The Bertz CT molecular complexity index is 388. The van der Waals surface area contributed by atoms with Crippen molar-refractivity contribution in [3.63, 3.8) is 0 Å². The van der Waals surface area contributed by atoms with Gasteiger partial charge in [0.15, 0.2) is 0 Å². The van der Waals surface area contributed by atoms with Gasteiger partial charge in [0.1, 0.15) is 5.75 Å². The van der Waals surface area contributed by atoms with Gasteiger partial charge in [-0.3, -0.25) is 0 Å². The Kier molecular flexibility index (Phi) is 4.83. The number of benzene rings is 1. The first-order valence-corrected chi connectivity index (χ1v) is 7.29. The standard InChI is InChI=1S/C16H26N2O/c1-12(2)19-15-6-4-14(5-7-15)16(17)11-18-9-8-13(3)10-18/h4-7,12-13,16H,8-11,17H2,1-3H3. The number of hydrogen-bond donors (Lipinski definition) is 1. The predicted octanol–water partition coefficient (Wildman–Crippen LogP) is 2.82. The molecule has 0 spiro atoms. The average Bonchev–Trinajstić information content (AvgIpc) is 2.75. The van der Waals surface area contributed by atoms with Crippen LogP contribution in [0.15, 0.2) is 24.3 Å². The van der Waals surface area contributed by atoms with Crippen LogP contribution >= 0.6 is 0 Å². The van der Waals surface area contributed by atoms with E-state index in [9.17, 15) is 0 Å². The molecule has 0 aromatic heterocycles. The van der Waals surface area contributed by atoms with E-state index in [1.807, 2.05) is 26.0 Å². The monoisotopic (exact) mass is 262 g/mol. The third-order valence-corrected chi connectivity index (χ3v) is 3.64. The van der Waals surface area contributed by atoms with E-state index in [0.717, 1.165) is 18.2 Å². The fraction of sp³-hybridized carbons (Fsp3) is 0.625. The summed E-state index contributed by atoms with van der Waals surface area (Å²) in [6.07, 6.45) is 1.51. The van der Waals surface area contributed by atoms with Gasteiger partial charge >= 0.3 is 0 Å². The van der Waals surface area contributed by atoms with E-state index in [0.29, 0.717) is 0 Å². The van der Waals surface area contributed by atoms with Crippen LogP contribution in [0.5, 0.6) is 5.75 Å². The Labute approximate surface area is 116 Å². The minimum absolute atomic E-state index is 0.0957. The van der Waals surface area contributed by atoms with Crippen molar-refractivity contribution < 1.29 is 4.74 Å². The van der Waals surface area contributed by atoms with E-state index in [2.05, 4.69) is 24.0 Å². The van der Waals surface area contributed by atoms with Crippen LogP contribution < -0.4 is 10.5 Å². The van der Waals surface area contributed by atoms with E-state index in [4.69, 9.17) is 10.5 Å². The number of ether oxygens (including phenoxy) is 1. The van der Waals surface area contributed by atoms with Crippen LogP contribution in [0.25, 0.3) is 0 Å². The Balaban J connectivity index is 1.90. The van der Waals surface area contributed by atoms with E-state index >= 15 is 0 Å². The highest BCUT2D eigenvalue weighted by atomic mass is 16.5. The molecular weight excluding hydrogens is 236 g/mol. The summed E-state index contributed by atoms with van der Waals surface area (Å²) < 4.78 is 5.65. The summed E-state index contributed by atoms with van der Waals surface area (Å²) in [5.74, 6) is 1.73. The Hall–Kier alpha value is -1.06. The minimum Gasteiger partial charge on any atom is -0.491 e. The molecule has 1 fully saturated rings. The lowest BCUT2D eigenvalue weighted by Gasteiger charge is -2.21. The van der Waals surface area contributed by atoms with Crippen molar-refractivity contribution in [1.29, 1.82) is 0 Å². The molecule has 1 aliphatic rings. The molecule has 2 N–H and O–H groups in total. The van der Waals surface area contributed by atoms with E-state index in [1.165, 1.54) is 25.1 Å². The molecule has 3 nitrogen and oxygen atoms in total. The lowest BCUT2D eigenvalue weighted by molar-refractivity contribution is 0.242. The molecule has 0 radical (unpaired) electrons. The molecule has 106 valence electrons. The molecular formula is C16H26N2O. The van der Waals surface area contributed by atoms with Gasteiger partial charge in [0.05, 0.1) is 6.10 Å². The topological polar surface area (TPSA) is 38.5 Å². The van der Waals surface area contributed by atoms with Crippen LogP contribution in [0.4, 0.5) is 0 Å². The lowest BCUT2D eigenvalue weighted by atomic mass is 10.1. The average molecular weight is 262 g/mol. The first-order valence-electron chi connectivity index (χ1n) is 7.29. The first-order chi connectivity index (χ1) is 9.04. The van der Waals surface area contributed by atoms with Crippen molar-refractivity contribution in [3.8, 4) is 5.75 Å². The zero-order chi connectivity index (χ0) is 13.8. The van der Waals surface area contributed by atoms with Gasteiger partial charge in [0.2, 0.25) is 0 Å². The van der Waals surface area contributed by atoms with E-state index < -0.39 is 0 Å². The summed E-state index contributed by atoms with van der Waals surface area (Å²) in [7, 11) is 0. The molecule has 0 amide bonds. The molecule has 1 aromatic rings. The van der Waals surface area contributed by atoms with Gasteiger partial charge in [0.25, 0.3) is 0 Å². The number of nitrogens with zero attached hydrogens (tertiary/aromatic N) is 1. The first kappa shape index (κ1) is 14.4. The second-order valence-electron chi connectivity index (χ2n) is 6.00. The zero-order valence-corrected chi connectivity index (χ0v) is 12.3. The van der Waals surface area contributed by atoms with Crippen molar-refractivity contribution in [2.45, 2.75) is 39.3 Å². The highest BCUT2D eigenvalue weighted by Crippen LogP contribution is 2.21. The molecule has 2 rings (SSSR count). The van der Waals surface area contributed by atoms with Crippen molar-refractivity contribution in [2.75, 3.05) is 19.6 Å². The second kappa shape index (κ2) is 6.40. The maximum atomic E-state index is 6.29. The highest BCUT2D eigenvalue weighted by molar-refractivity contribution is 5.29. The van der Waals surface area contributed by atoms with Crippen LogP contribution in [-0.4, -0.2) is 30.6 Å². The van der Waals surface area contributed by atoms with Gasteiger partial charge in [-0.2, -0.15) is 0 Å². The van der Waals surface area contributed by atoms with Gasteiger partial charge in [-0.1, -0.05) is 19.1 Å². The third-order valence-electron chi connectivity index (χ3n) is 3.64. The maximum absolute atomic E-state index is 6.29. The predicted molar refractivity (Wildman–Crippen MR) is 79.4 cm³/mol. The largest absolute Gasteiger partial charge is 0.491 e. The smallest absolute Gasteiger partial charge is 0.119 e. The molecule has 0 saturated carbocycles. The van der Waals surface area contributed by atoms with Crippen LogP contribution in [0.2, 0.25) is 0 Å². The number of likely N-dealkylation sites (tertiary alicyclic amines) is 1. The Morgan fingerprint density at radius 3 is 2.53 bits per heavy atom. The normalized spacial score (nSPS) is 21.8. The summed E-state index contributed by atoms with van der Waals surface area (Å²) in [6.45, 7) is 9.70. The van der Waals surface area contributed by atoms with Crippen LogP contribution in [0.3, 0.4) is 0 Å². The summed E-state index contributed by atoms with van der Waals surface area (Å²) in [5, 5.41) is 0. The molecule has 2 atom stereocenters. The van der Waals surface area contributed by atoms with Gasteiger partial charge in [-0.05, 0) is 50.4 Å². The van der Waals surface area contributed by atoms with Gasteiger partial charge in [-0.15, -0.1) is 0 Å². The van der Waals surface area contributed by atoms with Crippen molar-refractivity contribution in [2.24, 2.45) is 11.7 Å². The quantitative estimate of drug-likeness (QED) is 0.887. The SMILES string of the molecule is CC1CCN(CC(N)c2ccc(OC(C)C)cc2)C1. The molecule has 3 heteroatoms. The van der Waals surface area contributed by atoms with Crippen LogP contribution in [-0.2, 0) is 0 Å². The summed E-state index contributed by atoms with van der Waals surface area (Å²) in [4.78, 5) is 2.47. The fourth-order valence-electron chi connectivity index (χ4n) is 2.64. The number of rotatable bonds is 5. The van der Waals surface area contributed by atoms with Crippen molar-refractivity contribution in [3.05, 3.63) is 29.8 Å².